The van der Waals surface area contributed by atoms with E-state index in [0.717, 1.165) is 49.6 Å². The minimum Gasteiger partial charge on any atom is -0.491 e. The fraction of sp³-hybridized carbons (Fsp3) is 0.478. The summed E-state index contributed by atoms with van der Waals surface area (Å²) < 4.78 is 5.70. The van der Waals surface area contributed by atoms with E-state index in [2.05, 4.69) is 38.5 Å². The molecule has 1 aromatic carbocycles. The summed E-state index contributed by atoms with van der Waals surface area (Å²) in [5.74, 6) is 1.71. The van der Waals surface area contributed by atoms with Gasteiger partial charge in [-0.25, -0.2) is 0 Å². The zero-order valence-corrected chi connectivity index (χ0v) is 21.4. The van der Waals surface area contributed by atoms with Gasteiger partial charge in [-0.2, -0.15) is 0 Å². The molecule has 1 amide bonds. The predicted molar refractivity (Wildman–Crippen MR) is 140 cm³/mol. The second-order valence-corrected chi connectivity index (χ2v) is 8.78. The van der Waals surface area contributed by atoms with E-state index in [0.29, 0.717) is 19.0 Å². The molecule has 0 atom stereocenters. The van der Waals surface area contributed by atoms with Crippen molar-refractivity contribution in [3.05, 3.63) is 46.7 Å². The lowest BCUT2D eigenvalue weighted by Crippen LogP contribution is -2.32. The molecule has 3 N–H and O–H groups in total. The van der Waals surface area contributed by atoms with Gasteiger partial charge in [-0.1, -0.05) is 6.07 Å². The van der Waals surface area contributed by atoms with Crippen molar-refractivity contribution in [2.24, 2.45) is 4.99 Å². The van der Waals surface area contributed by atoms with Crippen molar-refractivity contribution in [2.75, 3.05) is 18.4 Å². The smallest absolute Gasteiger partial charge is 0.220 e. The molecule has 1 heterocycles. The van der Waals surface area contributed by atoms with E-state index in [9.17, 15) is 4.79 Å². The van der Waals surface area contributed by atoms with Crippen LogP contribution in [0.1, 0.15) is 44.4 Å². The molecular weight excluding hydrogens is 523 g/mol. The van der Waals surface area contributed by atoms with E-state index >= 15 is 0 Å². The fourth-order valence-corrected chi connectivity index (χ4v) is 3.59. The Bertz CT molecular complexity index is 805. The third-order valence-corrected chi connectivity index (χ3v) is 5.44. The van der Waals surface area contributed by atoms with Gasteiger partial charge in [0.25, 0.3) is 0 Å². The average molecular weight is 557 g/mol. The summed E-state index contributed by atoms with van der Waals surface area (Å²) in [6.07, 6.45) is 4.59. The highest BCUT2D eigenvalue weighted by Gasteiger charge is 2.22. The van der Waals surface area contributed by atoms with Gasteiger partial charge in [0.05, 0.1) is 6.10 Å². The molecular formula is C23H33IN4O2S. The van der Waals surface area contributed by atoms with Crippen LogP contribution in [0.4, 0.5) is 5.69 Å². The summed E-state index contributed by atoms with van der Waals surface area (Å²) in [5, 5.41) is 11.9. The van der Waals surface area contributed by atoms with E-state index in [1.165, 1.54) is 4.88 Å². The van der Waals surface area contributed by atoms with Crippen molar-refractivity contribution in [1.82, 2.24) is 10.6 Å². The number of carbonyl (C=O) groups excluding carboxylic acids is 1. The Morgan fingerprint density at radius 1 is 1.23 bits per heavy atom. The standard InChI is InChI=1S/C23H32N4O2S.HI/c1-17(2)29-20-11-9-19(10-12-20)27-23(25-15-13-21-5-4-16-30-21)24-14-3-6-22(28)26-18-7-8-18;/h4-5,9-12,16-18H,3,6-8,13-15H2,1-2H3,(H,26,28)(H2,24,25,27);1H. The summed E-state index contributed by atoms with van der Waals surface area (Å²) in [6.45, 7) is 5.42. The number of halogens is 1. The van der Waals surface area contributed by atoms with Crippen molar-refractivity contribution in [2.45, 2.75) is 58.1 Å². The molecule has 0 spiro atoms. The first kappa shape index (κ1) is 25.5. The van der Waals surface area contributed by atoms with Crippen LogP contribution in [-0.2, 0) is 11.2 Å². The molecule has 2 aromatic rings. The SMILES string of the molecule is CC(C)Oc1ccc(NC(=NCCCC(=O)NC2CC2)NCCc2cccs2)cc1.I. The number of benzene rings is 1. The average Bonchev–Trinajstić information content (AvgIpc) is 3.37. The highest BCUT2D eigenvalue weighted by molar-refractivity contribution is 14.0. The Morgan fingerprint density at radius 3 is 2.65 bits per heavy atom. The number of aliphatic imine (C=N–C) groups is 1. The van der Waals surface area contributed by atoms with Crippen molar-refractivity contribution in [1.29, 1.82) is 0 Å². The molecule has 1 saturated carbocycles. The van der Waals surface area contributed by atoms with E-state index < -0.39 is 0 Å². The molecule has 6 nitrogen and oxygen atoms in total. The molecule has 0 radical (unpaired) electrons. The number of hydrogen-bond acceptors (Lipinski definition) is 4. The van der Waals surface area contributed by atoms with Crippen molar-refractivity contribution < 1.29 is 9.53 Å². The van der Waals surface area contributed by atoms with Gasteiger partial charge in [0.15, 0.2) is 5.96 Å². The number of ether oxygens (including phenoxy) is 1. The molecule has 0 unspecified atom stereocenters. The molecule has 8 heteroatoms. The molecule has 3 rings (SSSR count). The summed E-state index contributed by atoms with van der Waals surface area (Å²) in [7, 11) is 0. The Hall–Kier alpha value is -1.81. The third kappa shape index (κ3) is 10.4. The first-order valence-electron chi connectivity index (χ1n) is 10.7. The number of amides is 1. The zero-order valence-electron chi connectivity index (χ0n) is 18.2. The fourth-order valence-electron chi connectivity index (χ4n) is 2.88. The van der Waals surface area contributed by atoms with Crippen LogP contribution in [-0.4, -0.2) is 37.1 Å². The molecule has 1 aromatic heterocycles. The van der Waals surface area contributed by atoms with Gasteiger partial charge in [0.1, 0.15) is 5.75 Å². The summed E-state index contributed by atoms with van der Waals surface area (Å²) in [4.78, 5) is 17.8. The number of nitrogens with zero attached hydrogens (tertiary/aromatic N) is 1. The molecule has 0 bridgehead atoms. The van der Waals surface area contributed by atoms with Crippen LogP contribution in [0.15, 0.2) is 46.8 Å². The number of hydrogen-bond donors (Lipinski definition) is 3. The van der Waals surface area contributed by atoms with Crippen molar-refractivity contribution >= 4 is 52.9 Å². The molecule has 0 aliphatic heterocycles. The van der Waals surface area contributed by atoms with Crippen LogP contribution >= 0.6 is 35.3 Å². The van der Waals surface area contributed by atoms with E-state index in [-0.39, 0.29) is 36.0 Å². The summed E-state index contributed by atoms with van der Waals surface area (Å²) in [6, 6.07) is 12.5. The maximum Gasteiger partial charge on any atom is 0.220 e. The van der Waals surface area contributed by atoms with Crippen molar-refractivity contribution in [3.8, 4) is 5.75 Å². The monoisotopic (exact) mass is 556 g/mol. The lowest BCUT2D eigenvalue weighted by atomic mass is 10.3. The maximum absolute atomic E-state index is 11.8. The minimum absolute atomic E-state index is 0. The minimum atomic E-state index is 0. The van der Waals surface area contributed by atoms with Gasteiger partial charge < -0.3 is 20.7 Å². The molecule has 170 valence electrons. The first-order chi connectivity index (χ1) is 14.6. The molecule has 1 aliphatic carbocycles. The largest absolute Gasteiger partial charge is 0.491 e. The van der Waals surface area contributed by atoms with Gasteiger partial charge in [-0.05, 0) is 75.2 Å². The number of carbonyl (C=O) groups is 1. The second-order valence-electron chi connectivity index (χ2n) is 7.75. The lowest BCUT2D eigenvalue weighted by Gasteiger charge is -2.14. The van der Waals surface area contributed by atoms with Crippen molar-refractivity contribution in [3.63, 3.8) is 0 Å². The Kier molecular flexibility index (Phi) is 11.1. The number of thiophene rings is 1. The number of rotatable bonds is 11. The zero-order chi connectivity index (χ0) is 21.2. The number of guanidine groups is 1. The van der Waals surface area contributed by atoms with Crippen LogP contribution in [0.5, 0.6) is 5.75 Å². The summed E-state index contributed by atoms with van der Waals surface area (Å²) in [5.41, 5.74) is 0.944. The number of nitrogens with one attached hydrogen (secondary N) is 3. The van der Waals surface area contributed by atoms with E-state index in [1.807, 2.05) is 38.1 Å². The van der Waals surface area contributed by atoms with E-state index in [1.54, 1.807) is 11.3 Å². The summed E-state index contributed by atoms with van der Waals surface area (Å²) >= 11 is 1.76. The molecule has 31 heavy (non-hydrogen) atoms. The van der Waals surface area contributed by atoms with Gasteiger partial charge >= 0.3 is 0 Å². The quantitative estimate of drug-likeness (QED) is 0.161. The Morgan fingerprint density at radius 2 is 2.00 bits per heavy atom. The van der Waals surface area contributed by atoms with E-state index in [4.69, 9.17) is 4.74 Å². The predicted octanol–water partition coefficient (Wildman–Crippen LogP) is 4.81. The third-order valence-electron chi connectivity index (χ3n) is 4.51. The van der Waals surface area contributed by atoms with Gasteiger partial charge in [0, 0.05) is 36.1 Å². The molecule has 1 fully saturated rings. The molecule has 0 saturated heterocycles. The number of anilines is 1. The second kappa shape index (κ2) is 13.6. The topological polar surface area (TPSA) is 74.8 Å². The van der Waals surface area contributed by atoms with Gasteiger partial charge in [0.2, 0.25) is 5.91 Å². The molecule has 1 aliphatic rings. The highest BCUT2D eigenvalue weighted by Crippen LogP contribution is 2.19. The highest BCUT2D eigenvalue weighted by atomic mass is 127. The Labute approximate surface area is 206 Å². The van der Waals surface area contributed by atoms with Crippen LogP contribution in [0.3, 0.4) is 0 Å². The maximum atomic E-state index is 11.8. The van der Waals surface area contributed by atoms with Crippen LogP contribution in [0.2, 0.25) is 0 Å². The van der Waals surface area contributed by atoms with Crippen LogP contribution in [0, 0.1) is 0 Å². The van der Waals surface area contributed by atoms with Gasteiger partial charge in [-0.3, -0.25) is 9.79 Å². The normalized spacial score (nSPS) is 13.5. The van der Waals surface area contributed by atoms with Gasteiger partial charge in [-0.15, -0.1) is 35.3 Å². The first-order valence-corrected chi connectivity index (χ1v) is 11.6. The lowest BCUT2D eigenvalue weighted by molar-refractivity contribution is -0.121. The van der Waals surface area contributed by atoms with Crippen LogP contribution in [0.25, 0.3) is 0 Å². The Balaban J connectivity index is 0.00000341. The van der Waals surface area contributed by atoms with Crippen LogP contribution < -0.4 is 20.7 Å².